The van der Waals surface area contributed by atoms with Gasteiger partial charge in [-0.15, -0.1) is 0 Å². The lowest BCUT2D eigenvalue weighted by molar-refractivity contribution is 0.0141. The van der Waals surface area contributed by atoms with Crippen LogP contribution in [0.1, 0.15) is 132 Å². The Bertz CT molecular complexity index is 436. The lowest BCUT2D eigenvalue weighted by Crippen LogP contribution is -2.56. The summed E-state index contributed by atoms with van der Waals surface area (Å²) in [6.45, 7) is 18.2. The van der Waals surface area contributed by atoms with Gasteiger partial charge in [-0.25, -0.2) is 5.01 Å². The molecule has 0 aliphatic heterocycles. The normalized spacial score (nSPS) is 27.5. The molecular formula is C28H56N2. The molecule has 0 aromatic rings. The molecule has 0 aromatic carbocycles. The standard InChI is InChI=1S/C28H56N2/c1-8-12-24(13-9-2)27(26(10-3)23-18-20-28(6,7)21-19-23)29-30(11-4)25-16-14-22(5)15-17-25/h22-27,29H,8-21H2,1-7H3. The van der Waals surface area contributed by atoms with Crippen LogP contribution in [0.3, 0.4) is 0 Å². The smallest absolute Gasteiger partial charge is 0.0274 e. The predicted molar refractivity (Wildman–Crippen MR) is 134 cm³/mol. The second-order valence-electron chi connectivity index (χ2n) is 11.8. The molecule has 30 heavy (non-hydrogen) atoms. The molecule has 2 saturated carbocycles. The molecule has 2 rings (SSSR count). The van der Waals surface area contributed by atoms with Crippen LogP contribution in [0.2, 0.25) is 0 Å². The van der Waals surface area contributed by atoms with Gasteiger partial charge in [-0.2, -0.15) is 0 Å². The number of rotatable bonds is 12. The fourth-order valence-corrected chi connectivity index (χ4v) is 6.73. The van der Waals surface area contributed by atoms with Crippen LogP contribution in [0.5, 0.6) is 0 Å². The fraction of sp³-hybridized carbons (Fsp3) is 1.00. The third kappa shape index (κ3) is 7.51. The van der Waals surface area contributed by atoms with Crippen molar-refractivity contribution in [3.8, 4) is 0 Å². The predicted octanol–water partition coefficient (Wildman–Crippen LogP) is 8.22. The highest BCUT2D eigenvalue weighted by Crippen LogP contribution is 2.44. The average molecular weight is 421 g/mol. The van der Waals surface area contributed by atoms with E-state index in [1.54, 1.807) is 0 Å². The monoisotopic (exact) mass is 420 g/mol. The summed E-state index contributed by atoms with van der Waals surface area (Å²) in [7, 11) is 0. The number of hydrogen-bond acceptors (Lipinski definition) is 2. The lowest BCUT2D eigenvalue weighted by atomic mass is 9.65. The summed E-state index contributed by atoms with van der Waals surface area (Å²) < 4.78 is 0. The number of hydrazine groups is 1. The second kappa shape index (κ2) is 12.8. The third-order valence-electron chi connectivity index (χ3n) is 8.83. The number of nitrogens with zero attached hydrogens (tertiary/aromatic N) is 1. The van der Waals surface area contributed by atoms with E-state index in [9.17, 15) is 0 Å². The largest absolute Gasteiger partial charge is 0.251 e. The first-order valence-corrected chi connectivity index (χ1v) is 13.9. The van der Waals surface area contributed by atoms with Crippen LogP contribution < -0.4 is 5.43 Å². The summed E-state index contributed by atoms with van der Waals surface area (Å²) in [5.41, 5.74) is 4.83. The van der Waals surface area contributed by atoms with Crippen LogP contribution in [0, 0.1) is 29.1 Å². The minimum absolute atomic E-state index is 0.568. The Morgan fingerprint density at radius 1 is 0.867 bits per heavy atom. The first kappa shape index (κ1) is 26.2. The van der Waals surface area contributed by atoms with E-state index < -0.39 is 0 Å². The lowest BCUT2D eigenvalue weighted by Gasteiger charge is -2.46. The van der Waals surface area contributed by atoms with Gasteiger partial charge in [0.1, 0.15) is 0 Å². The molecule has 2 fully saturated rings. The van der Waals surface area contributed by atoms with Crippen molar-refractivity contribution in [2.75, 3.05) is 6.54 Å². The van der Waals surface area contributed by atoms with Gasteiger partial charge in [-0.3, -0.25) is 5.43 Å². The highest BCUT2D eigenvalue weighted by Gasteiger charge is 2.38. The van der Waals surface area contributed by atoms with Crippen LogP contribution in [-0.4, -0.2) is 23.6 Å². The van der Waals surface area contributed by atoms with E-state index in [4.69, 9.17) is 0 Å². The van der Waals surface area contributed by atoms with Gasteiger partial charge in [-0.05, 0) is 93.3 Å². The molecule has 1 N–H and O–H groups in total. The molecule has 2 heteroatoms. The van der Waals surface area contributed by atoms with E-state index in [1.165, 1.54) is 83.5 Å². The van der Waals surface area contributed by atoms with Gasteiger partial charge < -0.3 is 0 Å². The zero-order valence-corrected chi connectivity index (χ0v) is 21.8. The second-order valence-corrected chi connectivity index (χ2v) is 11.8. The Morgan fingerprint density at radius 3 is 1.90 bits per heavy atom. The SMILES string of the molecule is CCCC(CCC)C(NN(CC)C1CCC(C)CC1)C(CC)C1CCC(C)(C)CC1. The van der Waals surface area contributed by atoms with E-state index in [-0.39, 0.29) is 0 Å². The molecule has 2 atom stereocenters. The average Bonchev–Trinajstić information content (AvgIpc) is 2.72. The minimum Gasteiger partial charge on any atom is -0.251 e. The topological polar surface area (TPSA) is 15.3 Å². The van der Waals surface area contributed by atoms with Crippen LogP contribution in [0.4, 0.5) is 0 Å². The summed E-state index contributed by atoms with van der Waals surface area (Å²) in [5.74, 6) is 3.51. The van der Waals surface area contributed by atoms with E-state index in [2.05, 4.69) is 58.9 Å². The van der Waals surface area contributed by atoms with Crippen molar-refractivity contribution in [3.05, 3.63) is 0 Å². The molecule has 0 spiro atoms. The van der Waals surface area contributed by atoms with E-state index >= 15 is 0 Å². The first-order valence-electron chi connectivity index (χ1n) is 13.9. The molecule has 2 aliphatic carbocycles. The Hall–Kier alpha value is -0.0800. The van der Waals surface area contributed by atoms with Crippen LogP contribution in [0.25, 0.3) is 0 Å². The third-order valence-corrected chi connectivity index (χ3v) is 8.83. The van der Waals surface area contributed by atoms with Gasteiger partial charge in [0.05, 0.1) is 0 Å². The van der Waals surface area contributed by atoms with E-state index in [1.807, 2.05) is 0 Å². The van der Waals surface area contributed by atoms with Crippen LogP contribution in [-0.2, 0) is 0 Å². The maximum absolute atomic E-state index is 4.26. The molecule has 0 amide bonds. The minimum atomic E-state index is 0.568. The molecule has 0 bridgehead atoms. The summed E-state index contributed by atoms with van der Waals surface area (Å²) in [4.78, 5) is 0. The number of hydrogen-bond donors (Lipinski definition) is 1. The molecule has 2 nitrogen and oxygen atoms in total. The van der Waals surface area contributed by atoms with E-state index in [0.29, 0.717) is 11.5 Å². The van der Waals surface area contributed by atoms with Crippen molar-refractivity contribution in [1.82, 2.24) is 10.4 Å². The molecule has 0 heterocycles. The highest BCUT2D eigenvalue weighted by atomic mass is 15.5. The molecule has 2 aliphatic rings. The Labute approximate surface area is 190 Å². The van der Waals surface area contributed by atoms with E-state index in [0.717, 1.165) is 36.3 Å². The Kier molecular flexibility index (Phi) is 11.2. The zero-order chi connectivity index (χ0) is 22.1. The maximum Gasteiger partial charge on any atom is 0.0274 e. The molecule has 2 unspecified atom stereocenters. The van der Waals surface area contributed by atoms with Gasteiger partial charge in [-0.1, -0.05) is 67.7 Å². The summed E-state index contributed by atoms with van der Waals surface area (Å²) in [5, 5.41) is 2.70. The van der Waals surface area contributed by atoms with Gasteiger partial charge in [0.25, 0.3) is 0 Å². The summed E-state index contributed by atoms with van der Waals surface area (Å²) >= 11 is 0. The van der Waals surface area contributed by atoms with Crippen molar-refractivity contribution in [2.24, 2.45) is 29.1 Å². The Morgan fingerprint density at radius 2 is 1.43 bits per heavy atom. The highest BCUT2D eigenvalue weighted by molar-refractivity contribution is 4.91. The fourth-order valence-electron chi connectivity index (χ4n) is 6.73. The maximum atomic E-state index is 4.26. The summed E-state index contributed by atoms with van der Waals surface area (Å²) in [6.07, 6.45) is 18.1. The van der Waals surface area contributed by atoms with Gasteiger partial charge in [0, 0.05) is 18.6 Å². The van der Waals surface area contributed by atoms with Crippen molar-refractivity contribution >= 4 is 0 Å². The summed E-state index contributed by atoms with van der Waals surface area (Å²) in [6, 6.07) is 1.42. The first-order chi connectivity index (χ1) is 14.3. The van der Waals surface area contributed by atoms with Crippen molar-refractivity contribution < 1.29 is 0 Å². The Balaban J connectivity index is 2.19. The molecule has 0 saturated heterocycles. The van der Waals surface area contributed by atoms with Gasteiger partial charge >= 0.3 is 0 Å². The molecular weight excluding hydrogens is 364 g/mol. The van der Waals surface area contributed by atoms with Crippen molar-refractivity contribution in [3.63, 3.8) is 0 Å². The molecule has 0 aromatic heterocycles. The van der Waals surface area contributed by atoms with Crippen molar-refractivity contribution in [2.45, 2.75) is 144 Å². The number of nitrogens with one attached hydrogen (secondary N) is 1. The molecule has 0 radical (unpaired) electrons. The van der Waals surface area contributed by atoms with Crippen molar-refractivity contribution in [1.29, 1.82) is 0 Å². The quantitative estimate of drug-likeness (QED) is 0.320. The van der Waals surface area contributed by atoms with Crippen LogP contribution >= 0.6 is 0 Å². The zero-order valence-electron chi connectivity index (χ0n) is 21.8. The van der Waals surface area contributed by atoms with Gasteiger partial charge in [0.2, 0.25) is 0 Å². The molecule has 178 valence electrons. The van der Waals surface area contributed by atoms with Crippen LogP contribution in [0.15, 0.2) is 0 Å². The van der Waals surface area contributed by atoms with Gasteiger partial charge in [0.15, 0.2) is 0 Å².